The van der Waals surface area contributed by atoms with Gasteiger partial charge >= 0.3 is 0 Å². The van der Waals surface area contributed by atoms with Gasteiger partial charge in [-0.2, -0.15) is 4.99 Å². The number of rotatable bonds is 3. The Morgan fingerprint density at radius 1 is 1.43 bits per heavy atom. The van der Waals surface area contributed by atoms with Gasteiger partial charge in [-0.3, -0.25) is 0 Å². The highest BCUT2D eigenvalue weighted by Gasteiger charge is 2.31. The third-order valence-electron chi connectivity index (χ3n) is 2.79. The van der Waals surface area contributed by atoms with Gasteiger partial charge in [-0.25, -0.2) is 14.6 Å². The van der Waals surface area contributed by atoms with E-state index in [1.54, 1.807) is 12.2 Å². The molecule has 1 aliphatic rings. The SMILES string of the molecule is C[C@]1(N=C=O)CCCC(CN=C=O)C1. The second-order valence-electron chi connectivity index (χ2n) is 4.09. The summed E-state index contributed by atoms with van der Waals surface area (Å²) in [6.45, 7) is 2.46. The minimum absolute atomic E-state index is 0.289. The molecule has 0 saturated heterocycles. The fourth-order valence-corrected chi connectivity index (χ4v) is 2.13. The Hall–Kier alpha value is -1.24. The topological polar surface area (TPSA) is 58.9 Å². The first kappa shape index (κ1) is 10.8. The standard InChI is InChI=1S/C10H14N2O2/c1-10(12-8-14)4-2-3-9(5-10)6-11-7-13/h9H,2-6H2,1H3/t9?,10-/m0/s1. The van der Waals surface area contributed by atoms with Crippen LogP contribution in [0.25, 0.3) is 0 Å². The molecule has 0 aromatic heterocycles. The van der Waals surface area contributed by atoms with E-state index in [0.717, 1.165) is 25.7 Å². The van der Waals surface area contributed by atoms with Crippen molar-refractivity contribution in [1.82, 2.24) is 0 Å². The Morgan fingerprint density at radius 2 is 2.21 bits per heavy atom. The summed E-state index contributed by atoms with van der Waals surface area (Å²) < 4.78 is 0. The van der Waals surface area contributed by atoms with Crippen molar-refractivity contribution in [3.05, 3.63) is 0 Å². The lowest BCUT2D eigenvalue weighted by Gasteiger charge is -2.32. The van der Waals surface area contributed by atoms with Crippen molar-refractivity contribution in [2.24, 2.45) is 15.9 Å². The lowest BCUT2D eigenvalue weighted by Crippen LogP contribution is -2.31. The summed E-state index contributed by atoms with van der Waals surface area (Å²) in [5.41, 5.74) is -0.289. The summed E-state index contributed by atoms with van der Waals surface area (Å²) in [4.78, 5) is 27.6. The van der Waals surface area contributed by atoms with E-state index in [2.05, 4.69) is 9.98 Å². The summed E-state index contributed by atoms with van der Waals surface area (Å²) in [5, 5.41) is 0. The van der Waals surface area contributed by atoms with E-state index in [1.807, 2.05) is 6.92 Å². The Balaban J connectivity index is 2.58. The maximum Gasteiger partial charge on any atom is 0.235 e. The Morgan fingerprint density at radius 3 is 2.86 bits per heavy atom. The molecule has 0 aromatic carbocycles. The van der Waals surface area contributed by atoms with Crippen LogP contribution in [-0.4, -0.2) is 24.2 Å². The minimum Gasteiger partial charge on any atom is -0.211 e. The van der Waals surface area contributed by atoms with E-state index < -0.39 is 0 Å². The Kier molecular flexibility index (Phi) is 3.75. The molecule has 0 spiro atoms. The number of hydrogen-bond acceptors (Lipinski definition) is 4. The predicted octanol–water partition coefficient (Wildman–Crippen LogP) is 1.61. The van der Waals surface area contributed by atoms with E-state index in [4.69, 9.17) is 0 Å². The predicted molar refractivity (Wildman–Crippen MR) is 51.5 cm³/mol. The molecule has 4 nitrogen and oxygen atoms in total. The minimum atomic E-state index is -0.289. The number of hydrogen-bond donors (Lipinski definition) is 0. The van der Waals surface area contributed by atoms with Crippen LogP contribution >= 0.6 is 0 Å². The molecule has 0 N–H and O–H groups in total. The largest absolute Gasteiger partial charge is 0.235 e. The maximum absolute atomic E-state index is 10.2. The molecule has 2 atom stereocenters. The van der Waals surface area contributed by atoms with Crippen LogP contribution in [0.4, 0.5) is 0 Å². The van der Waals surface area contributed by atoms with Gasteiger partial charge in [0.05, 0.1) is 12.1 Å². The zero-order valence-corrected chi connectivity index (χ0v) is 8.32. The van der Waals surface area contributed by atoms with E-state index in [9.17, 15) is 9.59 Å². The van der Waals surface area contributed by atoms with E-state index in [0.29, 0.717) is 12.5 Å². The molecule has 1 aliphatic carbocycles. The monoisotopic (exact) mass is 194 g/mol. The third kappa shape index (κ3) is 2.91. The van der Waals surface area contributed by atoms with Gasteiger partial charge in [-0.15, -0.1) is 0 Å². The van der Waals surface area contributed by atoms with Crippen LogP contribution in [0.1, 0.15) is 32.6 Å². The van der Waals surface area contributed by atoms with Crippen molar-refractivity contribution in [2.75, 3.05) is 6.54 Å². The summed E-state index contributed by atoms with van der Waals surface area (Å²) in [7, 11) is 0. The molecule has 0 heterocycles. The van der Waals surface area contributed by atoms with Gasteiger partial charge in [0, 0.05) is 0 Å². The van der Waals surface area contributed by atoms with Crippen LogP contribution in [0.15, 0.2) is 9.98 Å². The van der Waals surface area contributed by atoms with Crippen LogP contribution < -0.4 is 0 Å². The van der Waals surface area contributed by atoms with E-state index in [-0.39, 0.29) is 5.54 Å². The highest BCUT2D eigenvalue weighted by atomic mass is 16.1. The summed E-state index contributed by atoms with van der Waals surface area (Å²) >= 11 is 0. The van der Waals surface area contributed by atoms with Crippen molar-refractivity contribution in [1.29, 1.82) is 0 Å². The molecule has 0 bridgehead atoms. The van der Waals surface area contributed by atoms with Crippen LogP contribution in [0.2, 0.25) is 0 Å². The van der Waals surface area contributed by atoms with E-state index >= 15 is 0 Å². The zero-order valence-electron chi connectivity index (χ0n) is 8.32. The first-order valence-corrected chi connectivity index (χ1v) is 4.83. The van der Waals surface area contributed by atoms with Crippen LogP contribution in [-0.2, 0) is 9.59 Å². The van der Waals surface area contributed by atoms with Gasteiger partial charge in [-0.1, -0.05) is 6.42 Å². The fourth-order valence-electron chi connectivity index (χ4n) is 2.13. The highest BCUT2D eigenvalue weighted by molar-refractivity contribution is 5.35. The van der Waals surface area contributed by atoms with Crippen molar-refractivity contribution in [2.45, 2.75) is 38.1 Å². The number of carbonyl (C=O) groups excluding carboxylic acids is 2. The quantitative estimate of drug-likeness (QED) is 0.506. The average molecular weight is 194 g/mol. The molecular formula is C10H14N2O2. The molecule has 1 fully saturated rings. The van der Waals surface area contributed by atoms with Gasteiger partial charge in [0.1, 0.15) is 0 Å². The number of nitrogens with zero attached hydrogens (tertiary/aromatic N) is 2. The number of aliphatic imine (C=N–C) groups is 2. The van der Waals surface area contributed by atoms with Crippen LogP contribution in [0.5, 0.6) is 0 Å². The Labute approximate surface area is 83.1 Å². The third-order valence-corrected chi connectivity index (χ3v) is 2.79. The molecule has 1 rings (SSSR count). The molecule has 14 heavy (non-hydrogen) atoms. The molecule has 0 aromatic rings. The van der Waals surface area contributed by atoms with Gasteiger partial charge in [0.2, 0.25) is 12.2 Å². The number of isocyanates is 2. The van der Waals surface area contributed by atoms with Gasteiger partial charge in [-0.05, 0) is 32.1 Å². The fraction of sp³-hybridized carbons (Fsp3) is 0.800. The van der Waals surface area contributed by atoms with Gasteiger partial charge < -0.3 is 0 Å². The second kappa shape index (κ2) is 4.85. The molecule has 4 heteroatoms. The van der Waals surface area contributed by atoms with Crippen molar-refractivity contribution in [3.8, 4) is 0 Å². The van der Waals surface area contributed by atoms with Gasteiger partial charge in [0.15, 0.2) is 0 Å². The average Bonchev–Trinajstić information content (AvgIpc) is 2.15. The first-order valence-electron chi connectivity index (χ1n) is 4.83. The molecular weight excluding hydrogens is 180 g/mol. The second-order valence-corrected chi connectivity index (χ2v) is 4.09. The lowest BCUT2D eigenvalue weighted by molar-refractivity contribution is 0.248. The summed E-state index contributed by atoms with van der Waals surface area (Å²) in [5.74, 6) is 0.354. The van der Waals surface area contributed by atoms with Gasteiger partial charge in [0.25, 0.3) is 0 Å². The Bertz CT molecular complexity index is 290. The normalized spacial score (nSPS) is 31.4. The van der Waals surface area contributed by atoms with Crippen molar-refractivity contribution >= 4 is 12.2 Å². The molecule has 0 radical (unpaired) electrons. The maximum atomic E-state index is 10.2. The molecule has 0 amide bonds. The molecule has 1 saturated carbocycles. The zero-order chi connectivity index (χ0) is 10.4. The van der Waals surface area contributed by atoms with Crippen LogP contribution in [0, 0.1) is 5.92 Å². The summed E-state index contributed by atoms with van der Waals surface area (Å²) in [6, 6.07) is 0. The summed E-state index contributed by atoms with van der Waals surface area (Å²) in [6.07, 6.45) is 6.98. The molecule has 0 aliphatic heterocycles. The highest BCUT2D eigenvalue weighted by Crippen LogP contribution is 2.34. The molecule has 1 unspecified atom stereocenters. The smallest absolute Gasteiger partial charge is 0.211 e. The lowest BCUT2D eigenvalue weighted by atomic mass is 9.77. The first-order chi connectivity index (χ1) is 6.70. The van der Waals surface area contributed by atoms with E-state index in [1.165, 1.54) is 0 Å². The van der Waals surface area contributed by atoms with Crippen LogP contribution in [0.3, 0.4) is 0 Å². The van der Waals surface area contributed by atoms with Crippen molar-refractivity contribution < 1.29 is 9.59 Å². The molecule has 76 valence electrons. The van der Waals surface area contributed by atoms with Crippen molar-refractivity contribution in [3.63, 3.8) is 0 Å².